The van der Waals surface area contributed by atoms with Crippen molar-refractivity contribution in [2.24, 2.45) is 7.05 Å². The Bertz CT molecular complexity index is 536. The highest BCUT2D eigenvalue weighted by Crippen LogP contribution is 2.26. The highest BCUT2D eigenvalue weighted by molar-refractivity contribution is 9.10. The van der Waals surface area contributed by atoms with Crippen LogP contribution < -0.4 is 5.32 Å². The number of hydrogen-bond donors (Lipinski definition) is 1. The van der Waals surface area contributed by atoms with E-state index >= 15 is 0 Å². The monoisotopic (exact) mass is 308 g/mol. The van der Waals surface area contributed by atoms with Gasteiger partial charge < -0.3 is 5.32 Å². The van der Waals surface area contributed by atoms with Crippen molar-refractivity contribution in [1.82, 2.24) is 20.3 Å². The standard InChI is InChI=1S/C13H17BrN4/c1-9-11(5-4-6-12(9)14)13(15-2)7-10-8-18(3)17-16-10/h4-6,8,13,15H,7H2,1-3H3. The van der Waals surface area contributed by atoms with E-state index in [1.165, 1.54) is 11.1 Å². The van der Waals surface area contributed by atoms with Crippen LogP contribution in [-0.2, 0) is 13.5 Å². The summed E-state index contributed by atoms with van der Waals surface area (Å²) in [5.74, 6) is 0. The topological polar surface area (TPSA) is 42.7 Å². The van der Waals surface area contributed by atoms with Gasteiger partial charge in [0, 0.05) is 30.2 Å². The maximum Gasteiger partial charge on any atom is 0.0845 e. The Labute approximate surface area is 116 Å². The van der Waals surface area contributed by atoms with Crippen molar-refractivity contribution in [3.05, 3.63) is 45.7 Å². The molecule has 2 rings (SSSR count). The molecule has 0 bridgehead atoms. The highest BCUT2D eigenvalue weighted by Gasteiger charge is 2.15. The number of aryl methyl sites for hydroxylation is 1. The predicted molar refractivity (Wildman–Crippen MR) is 75.4 cm³/mol. The fourth-order valence-corrected chi connectivity index (χ4v) is 2.45. The van der Waals surface area contributed by atoms with E-state index in [0.717, 1.165) is 16.6 Å². The number of halogens is 1. The van der Waals surface area contributed by atoms with Crippen molar-refractivity contribution in [2.45, 2.75) is 19.4 Å². The summed E-state index contributed by atoms with van der Waals surface area (Å²) in [5, 5.41) is 11.5. The number of likely N-dealkylation sites (N-methyl/N-ethyl adjacent to an activating group) is 1. The zero-order valence-corrected chi connectivity index (χ0v) is 12.4. The minimum atomic E-state index is 0.249. The SMILES string of the molecule is CNC(Cc1cn(C)nn1)c1cccc(Br)c1C. The number of rotatable bonds is 4. The van der Waals surface area contributed by atoms with E-state index in [9.17, 15) is 0 Å². The first-order valence-corrected chi connectivity index (χ1v) is 6.68. The van der Waals surface area contributed by atoms with E-state index in [2.05, 4.69) is 56.7 Å². The summed E-state index contributed by atoms with van der Waals surface area (Å²) in [6.07, 6.45) is 2.79. The van der Waals surface area contributed by atoms with Gasteiger partial charge in [-0.25, -0.2) is 0 Å². The van der Waals surface area contributed by atoms with Crippen LogP contribution in [0.1, 0.15) is 22.9 Å². The molecular weight excluding hydrogens is 292 g/mol. The van der Waals surface area contributed by atoms with E-state index in [1.54, 1.807) is 4.68 Å². The highest BCUT2D eigenvalue weighted by atomic mass is 79.9. The van der Waals surface area contributed by atoms with Crippen LogP contribution in [0.3, 0.4) is 0 Å². The first-order chi connectivity index (χ1) is 8.61. The number of nitrogens with one attached hydrogen (secondary N) is 1. The van der Waals surface area contributed by atoms with Crippen molar-refractivity contribution < 1.29 is 0 Å². The normalized spacial score (nSPS) is 12.7. The molecule has 1 aromatic heterocycles. The van der Waals surface area contributed by atoms with Crippen molar-refractivity contribution in [3.63, 3.8) is 0 Å². The lowest BCUT2D eigenvalue weighted by atomic mass is 9.98. The van der Waals surface area contributed by atoms with E-state index in [1.807, 2.05) is 20.3 Å². The molecule has 0 aliphatic carbocycles. The average Bonchev–Trinajstić information content (AvgIpc) is 2.76. The number of nitrogens with zero attached hydrogens (tertiary/aromatic N) is 3. The molecule has 1 heterocycles. The largest absolute Gasteiger partial charge is 0.313 e. The Morgan fingerprint density at radius 1 is 1.44 bits per heavy atom. The molecule has 1 N–H and O–H groups in total. The third kappa shape index (κ3) is 2.79. The zero-order valence-electron chi connectivity index (χ0n) is 10.8. The summed E-state index contributed by atoms with van der Waals surface area (Å²) >= 11 is 3.57. The van der Waals surface area contributed by atoms with Crippen LogP contribution in [0.25, 0.3) is 0 Å². The summed E-state index contributed by atoms with van der Waals surface area (Å²) in [6, 6.07) is 6.53. The molecule has 0 radical (unpaired) electrons. The fraction of sp³-hybridized carbons (Fsp3) is 0.385. The molecule has 4 nitrogen and oxygen atoms in total. The first kappa shape index (κ1) is 13.2. The molecule has 1 unspecified atom stereocenters. The molecule has 0 spiro atoms. The van der Waals surface area contributed by atoms with Gasteiger partial charge in [-0.1, -0.05) is 33.3 Å². The molecule has 5 heteroatoms. The van der Waals surface area contributed by atoms with E-state index in [0.29, 0.717) is 0 Å². The number of aromatic nitrogens is 3. The molecule has 0 saturated carbocycles. The van der Waals surface area contributed by atoms with Crippen LogP contribution in [0, 0.1) is 6.92 Å². The second kappa shape index (κ2) is 5.63. The lowest BCUT2D eigenvalue weighted by Crippen LogP contribution is -2.20. The minimum absolute atomic E-state index is 0.249. The first-order valence-electron chi connectivity index (χ1n) is 5.89. The van der Waals surface area contributed by atoms with Crippen LogP contribution >= 0.6 is 15.9 Å². The van der Waals surface area contributed by atoms with Gasteiger partial charge in [0.05, 0.1) is 5.69 Å². The maximum absolute atomic E-state index is 4.14. The van der Waals surface area contributed by atoms with Gasteiger partial charge >= 0.3 is 0 Å². The van der Waals surface area contributed by atoms with Crippen LogP contribution in [0.2, 0.25) is 0 Å². The van der Waals surface area contributed by atoms with Crippen molar-refractivity contribution in [3.8, 4) is 0 Å². The Morgan fingerprint density at radius 3 is 2.83 bits per heavy atom. The Balaban J connectivity index is 2.25. The maximum atomic E-state index is 4.14. The third-order valence-corrected chi connectivity index (χ3v) is 3.96. The fourth-order valence-electron chi connectivity index (χ4n) is 2.07. The Hall–Kier alpha value is -1.20. The molecule has 18 heavy (non-hydrogen) atoms. The van der Waals surface area contributed by atoms with Crippen LogP contribution in [0.4, 0.5) is 0 Å². The molecular formula is C13H17BrN4. The number of benzene rings is 1. The average molecular weight is 309 g/mol. The van der Waals surface area contributed by atoms with Gasteiger partial charge in [0.1, 0.15) is 0 Å². The van der Waals surface area contributed by atoms with Gasteiger partial charge in [0.15, 0.2) is 0 Å². The van der Waals surface area contributed by atoms with E-state index in [4.69, 9.17) is 0 Å². The predicted octanol–water partition coefficient (Wildman–Crippen LogP) is 2.39. The smallest absolute Gasteiger partial charge is 0.0845 e. The van der Waals surface area contributed by atoms with Crippen molar-refractivity contribution in [2.75, 3.05) is 7.05 Å². The summed E-state index contributed by atoms with van der Waals surface area (Å²) in [6.45, 7) is 2.13. The molecule has 0 saturated heterocycles. The van der Waals surface area contributed by atoms with Crippen LogP contribution in [0.15, 0.2) is 28.9 Å². The van der Waals surface area contributed by atoms with Crippen LogP contribution in [-0.4, -0.2) is 22.0 Å². The second-order valence-electron chi connectivity index (χ2n) is 4.38. The summed E-state index contributed by atoms with van der Waals surface area (Å²) < 4.78 is 2.87. The summed E-state index contributed by atoms with van der Waals surface area (Å²) in [7, 11) is 3.86. The van der Waals surface area contributed by atoms with Gasteiger partial charge in [0.2, 0.25) is 0 Å². The minimum Gasteiger partial charge on any atom is -0.313 e. The number of hydrogen-bond acceptors (Lipinski definition) is 3. The Morgan fingerprint density at radius 2 is 2.22 bits per heavy atom. The molecule has 1 atom stereocenters. The molecule has 0 fully saturated rings. The van der Waals surface area contributed by atoms with Gasteiger partial charge in [-0.15, -0.1) is 5.10 Å². The van der Waals surface area contributed by atoms with Crippen LogP contribution in [0.5, 0.6) is 0 Å². The van der Waals surface area contributed by atoms with E-state index < -0.39 is 0 Å². The van der Waals surface area contributed by atoms with Gasteiger partial charge in [-0.3, -0.25) is 4.68 Å². The zero-order chi connectivity index (χ0) is 13.1. The summed E-state index contributed by atoms with van der Waals surface area (Å²) in [4.78, 5) is 0. The van der Waals surface area contributed by atoms with Gasteiger partial charge in [-0.05, 0) is 31.2 Å². The molecule has 0 aliphatic heterocycles. The van der Waals surface area contributed by atoms with Gasteiger partial charge in [-0.2, -0.15) is 0 Å². The molecule has 2 aromatic rings. The quantitative estimate of drug-likeness (QED) is 0.943. The Kier molecular flexibility index (Phi) is 4.14. The second-order valence-corrected chi connectivity index (χ2v) is 5.24. The molecule has 0 aliphatic rings. The molecule has 0 amide bonds. The van der Waals surface area contributed by atoms with Crippen molar-refractivity contribution in [1.29, 1.82) is 0 Å². The molecule has 96 valence electrons. The molecule has 1 aromatic carbocycles. The van der Waals surface area contributed by atoms with Crippen molar-refractivity contribution >= 4 is 15.9 Å². The van der Waals surface area contributed by atoms with Gasteiger partial charge in [0.25, 0.3) is 0 Å². The van der Waals surface area contributed by atoms with E-state index in [-0.39, 0.29) is 6.04 Å². The summed E-state index contributed by atoms with van der Waals surface area (Å²) in [5.41, 5.74) is 3.55. The lowest BCUT2D eigenvalue weighted by Gasteiger charge is -2.18. The lowest BCUT2D eigenvalue weighted by molar-refractivity contribution is 0.580. The third-order valence-electron chi connectivity index (χ3n) is 3.10.